The second-order valence-corrected chi connectivity index (χ2v) is 5.63. The normalized spacial score (nSPS) is 15.6. The summed E-state index contributed by atoms with van der Waals surface area (Å²) in [6.45, 7) is 0.438. The van der Waals surface area contributed by atoms with Crippen LogP contribution in [-0.4, -0.2) is 23.8 Å². The highest BCUT2D eigenvalue weighted by atomic mass is 16.6. The van der Waals surface area contributed by atoms with Crippen molar-refractivity contribution in [1.29, 1.82) is 0 Å². The Morgan fingerprint density at radius 1 is 1.08 bits per heavy atom. The van der Waals surface area contributed by atoms with E-state index in [9.17, 15) is 4.79 Å². The number of carbonyl (C=O) groups excluding carboxylic acids is 1. The van der Waals surface area contributed by atoms with Crippen molar-refractivity contribution in [2.24, 2.45) is 0 Å². The van der Waals surface area contributed by atoms with Crippen molar-refractivity contribution in [3.05, 3.63) is 66.4 Å². The molecule has 1 N–H and O–H groups in total. The van der Waals surface area contributed by atoms with Crippen LogP contribution in [0.3, 0.4) is 0 Å². The quantitative estimate of drug-likeness (QED) is 0.793. The zero-order chi connectivity index (χ0) is 17.1. The standard InChI is InChI=1S/C19H16N2O4/c22-19(18-12-23-15-8-4-5-9-16(15)24-18)20-11-14-10-17(25-21-14)13-6-2-1-3-7-13/h1-10,18H,11-12H2,(H,20,22). The Labute approximate surface area is 144 Å². The van der Waals surface area contributed by atoms with Crippen molar-refractivity contribution >= 4 is 5.91 Å². The van der Waals surface area contributed by atoms with Crippen LogP contribution in [0.1, 0.15) is 5.69 Å². The molecule has 0 radical (unpaired) electrons. The summed E-state index contributed by atoms with van der Waals surface area (Å²) in [6.07, 6.45) is -0.685. The van der Waals surface area contributed by atoms with Crippen molar-refractivity contribution in [1.82, 2.24) is 10.5 Å². The summed E-state index contributed by atoms with van der Waals surface area (Å²) in [7, 11) is 0. The molecule has 1 atom stereocenters. The van der Waals surface area contributed by atoms with Gasteiger partial charge in [0.2, 0.25) is 6.10 Å². The minimum atomic E-state index is -0.685. The number of para-hydroxylation sites is 2. The summed E-state index contributed by atoms with van der Waals surface area (Å²) in [6, 6.07) is 18.8. The van der Waals surface area contributed by atoms with Gasteiger partial charge in [-0.05, 0) is 12.1 Å². The van der Waals surface area contributed by atoms with E-state index in [2.05, 4.69) is 10.5 Å². The average molecular weight is 336 g/mol. The Hall–Kier alpha value is -3.28. The number of rotatable bonds is 4. The van der Waals surface area contributed by atoms with Gasteiger partial charge in [-0.25, -0.2) is 0 Å². The number of fused-ring (bicyclic) bond motifs is 1. The van der Waals surface area contributed by atoms with Gasteiger partial charge in [0.05, 0.1) is 6.54 Å². The van der Waals surface area contributed by atoms with Gasteiger partial charge in [-0.3, -0.25) is 4.79 Å². The number of nitrogens with one attached hydrogen (secondary N) is 1. The Morgan fingerprint density at radius 2 is 1.84 bits per heavy atom. The zero-order valence-electron chi connectivity index (χ0n) is 13.3. The van der Waals surface area contributed by atoms with Crippen molar-refractivity contribution in [2.75, 3.05) is 6.61 Å². The predicted molar refractivity (Wildman–Crippen MR) is 90.1 cm³/mol. The van der Waals surface area contributed by atoms with E-state index in [-0.39, 0.29) is 19.1 Å². The Bertz CT molecular complexity index is 876. The lowest BCUT2D eigenvalue weighted by Gasteiger charge is -2.25. The predicted octanol–water partition coefficient (Wildman–Crippen LogP) is 2.80. The summed E-state index contributed by atoms with van der Waals surface area (Å²) < 4.78 is 16.5. The molecule has 1 aliphatic heterocycles. The SMILES string of the molecule is O=C(NCc1cc(-c2ccccc2)on1)C1COc2ccccc2O1. The van der Waals surface area contributed by atoms with Gasteiger partial charge in [0.25, 0.3) is 5.91 Å². The van der Waals surface area contributed by atoms with Gasteiger partial charge in [-0.2, -0.15) is 0 Å². The smallest absolute Gasteiger partial charge is 0.265 e. The molecule has 2 aromatic carbocycles. The summed E-state index contributed by atoms with van der Waals surface area (Å²) in [5, 5.41) is 6.78. The molecule has 25 heavy (non-hydrogen) atoms. The van der Waals surface area contributed by atoms with Crippen LogP contribution in [0.5, 0.6) is 11.5 Å². The van der Waals surface area contributed by atoms with E-state index in [4.69, 9.17) is 14.0 Å². The Morgan fingerprint density at radius 3 is 2.68 bits per heavy atom. The first-order chi connectivity index (χ1) is 12.3. The topological polar surface area (TPSA) is 73.6 Å². The van der Waals surface area contributed by atoms with E-state index in [0.29, 0.717) is 23.0 Å². The first kappa shape index (κ1) is 15.3. The lowest BCUT2D eigenvalue weighted by atomic mass is 10.1. The maximum Gasteiger partial charge on any atom is 0.265 e. The molecule has 0 saturated carbocycles. The van der Waals surface area contributed by atoms with Gasteiger partial charge in [0.15, 0.2) is 17.3 Å². The minimum absolute atomic E-state index is 0.178. The van der Waals surface area contributed by atoms with Crippen LogP contribution in [0.15, 0.2) is 65.2 Å². The molecular weight excluding hydrogens is 320 g/mol. The van der Waals surface area contributed by atoms with Crippen LogP contribution in [0.2, 0.25) is 0 Å². The highest BCUT2D eigenvalue weighted by Crippen LogP contribution is 2.30. The molecule has 3 aromatic rings. The monoisotopic (exact) mass is 336 g/mol. The molecular formula is C19H16N2O4. The molecule has 0 aliphatic carbocycles. The van der Waals surface area contributed by atoms with Gasteiger partial charge < -0.3 is 19.3 Å². The lowest BCUT2D eigenvalue weighted by molar-refractivity contribution is -0.130. The third kappa shape index (κ3) is 3.33. The molecule has 0 bridgehead atoms. The fourth-order valence-corrected chi connectivity index (χ4v) is 2.57. The van der Waals surface area contributed by atoms with Crippen LogP contribution in [-0.2, 0) is 11.3 Å². The number of carbonyl (C=O) groups is 1. The molecule has 0 fully saturated rings. The molecule has 0 spiro atoms. The maximum absolute atomic E-state index is 12.3. The molecule has 126 valence electrons. The average Bonchev–Trinajstić information content (AvgIpc) is 3.15. The largest absolute Gasteiger partial charge is 0.485 e. The zero-order valence-corrected chi connectivity index (χ0v) is 13.3. The second-order valence-electron chi connectivity index (χ2n) is 5.63. The fourth-order valence-electron chi connectivity index (χ4n) is 2.57. The molecule has 6 heteroatoms. The van der Waals surface area contributed by atoms with E-state index < -0.39 is 6.10 Å². The van der Waals surface area contributed by atoms with Crippen LogP contribution >= 0.6 is 0 Å². The van der Waals surface area contributed by atoms with Gasteiger partial charge in [0, 0.05) is 11.6 Å². The number of hydrogen-bond acceptors (Lipinski definition) is 5. The third-order valence-electron chi connectivity index (χ3n) is 3.86. The van der Waals surface area contributed by atoms with Crippen molar-refractivity contribution in [2.45, 2.75) is 12.6 Å². The summed E-state index contributed by atoms with van der Waals surface area (Å²) in [4.78, 5) is 12.3. The van der Waals surface area contributed by atoms with E-state index in [0.717, 1.165) is 5.56 Å². The number of benzene rings is 2. The van der Waals surface area contributed by atoms with Gasteiger partial charge >= 0.3 is 0 Å². The highest BCUT2D eigenvalue weighted by Gasteiger charge is 2.27. The van der Waals surface area contributed by atoms with E-state index in [1.165, 1.54) is 0 Å². The van der Waals surface area contributed by atoms with Crippen molar-refractivity contribution < 1.29 is 18.8 Å². The van der Waals surface area contributed by atoms with E-state index in [1.807, 2.05) is 54.6 Å². The Kier molecular flexibility index (Phi) is 4.08. The van der Waals surface area contributed by atoms with Crippen molar-refractivity contribution in [3.63, 3.8) is 0 Å². The van der Waals surface area contributed by atoms with Crippen LogP contribution in [0, 0.1) is 0 Å². The van der Waals surface area contributed by atoms with Gasteiger partial charge in [-0.15, -0.1) is 0 Å². The van der Waals surface area contributed by atoms with E-state index in [1.54, 1.807) is 6.07 Å². The highest BCUT2D eigenvalue weighted by molar-refractivity contribution is 5.81. The second kappa shape index (κ2) is 6.68. The Balaban J connectivity index is 1.36. The maximum atomic E-state index is 12.3. The molecule has 1 unspecified atom stereocenters. The van der Waals surface area contributed by atoms with Crippen LogP contribution in [0.4, 0.5) is 0 Å². The minimum Gasteiger partial charge on any atom is -0.485 e. The molecule has 6 nitrogen and oxygen atoms in total. The number of hydrogen-bond donors (Lipinski definition) is 1. The lowest BCUT2D eigenvalue weighted by Crippen LogP contribution is -2.43. The molecule has 4 rings (SSSR count). The first-order valence-corrected chi connectivity index (χ1v) is 7.97. The number of aromatic nitrogens is 1. The number of nitrogens with zero attached hydrogens (tertiary/aromatic N) is 1. The molecule has 1 aliphatic rings. The summed E-state index contributed by atoms with van der Waals surface area (Å²) >= 11 is 0. The van der Waals surface area contributed by atoms with Crippen LogP contribution in [0.25, 0.3) is 11.3 Å². The fraction of sp³-hybridized carbons (Fsp3) is 0.158. The van der Waals surface area contributed by atoms with Gasteiger partial charge in [0.1, 0.15) is 12.3 Å². The summed E-state index contributed by atoms with van der Waals surface area (Å²) in [5.41, 5.74) is 1.58. The van der Waals surface area contributed by atoms with Crippen LogP contribution < -0.4 is 14.8 Å². The van der Waals surface area contributed by atoms with Crippen molar-refractivity contribution in [3.8, 4) is 22.8 Å². The summed E-state index contributed by atoms with van der Waals surface area (Å²) in [5.74, 6) is 1.63. The molecule has 1 amide bonds. The molecule has 1 aromatic heterocycles. The first-order valence-electron chi connectivity index (χ1n) is 7.97. The molecule has 0 saturated heterocycles. The number of ether oxygens (including phenoxy) is 2. The number of amides is 1. The molecule has 2 heterocycles. The van der Waals surface area contributed by atoms with Gasteiger partial charge in [-0.1, -0.05) is 47.6 Å². The van der Waals surface area contributed by atoms with E-state index >= 15 is 0 Å². The third-order valence-corrected chi connectivity index (χ3v) is 3.86.